The highest BCUT2D eigenvalue weighted by atomic mass is 35.5. The molecule has 28 heavy (non-hydrogen) atoms. The zero-order valence-electron chi connectivity index (χ0n) is 14.7. The van der Waals surface area contributed by atoms with Crippen LogP contribution in [-0.2, 0) is 4.79 Å². The fraction of sp³-hybridized carbons (Fsp3) is 0.0476. The number of hydrogen-bond donors (Lipinski definition) is 4. The van der Waals surface area contributed by atoms with Crippen LogP contribution in [0.4, 0.5) is 5.69 Å². The van der Waals surface area contributed by atoms with Gasteiger partial charge in [-0.3, -0.25) is 15.0 Å². The quantitative estimate of drug-likeness (QED) is 0.479. The molecular weight excluding hydrogens is 378 g/mol. The molecule has 4 N–H and O–H groups in total. The Hall–Kier alpha value is -3.35. The van der Waals surface area contributed by atoms with Gasteiger partial charge in [-0.05, 0) is 54.1 Å². The summed E-state index contributed by atoms with van der Waals surface area (Å²) in [7, 11) is 0. The molecule has 0 unspecified atom stereocenters. The van der Waals surface area contributed by atoms with Crippen molar-refractivity contribution in [2.24, 2.45) is 0 Å². The third-order valence-electron chi connectivity index (χ3n) is 3.97. The van der Waals surface area contributed by atoms with E-state index in [1.165, 1.54) is 24.3 Å². The molecule has 0 saturated heterocycles. The highest BCUT2D eigenvalue weighted by molar-refractivity contribution is 6.30. The average Bonchev–Trinajstić information content (AvgIpc) is 2.70. The fourth-order valence-corrected chi connectivity index (χ4v) is 2.64. The number of amides is 2. The number of carbonyl (C=O) groups excluding carboxylic acids is 2. The van der Waals surface area contributed by atoms with Crippen molar-refractivity contribution in [3.8, 4) is 5.75 Å². The normalized spacial score (nSPS) is 11.5. The Labute approximate surface area is 167 Å². The van der Waals surface area contributed by atoms with Crippen molar-refractivity contribution in [1.82, 2.24) is 10.9 Å². The van der Waals surface area contributed by atoms with E-state index in [-0.39, 0.29) is 11.7 Å². The predicted molar refractivity (Wildman–Crippen MR) is 108 cm³/mol. The molecule has 0 aliphatic carbocycles. The first-order valence-corrected chi connectivity index (χ1v) is 8.87. The van der Waals surface area contributed by atoms with Gasteiger partial charge in [-0.1, -0.05) is 41.9 Å². The third-order valence-corrected chi connectivity index (χ3v) is 4.22. The van der Waals surface area contributed by atoms with Crippen LogP contribution in [0.5, 0.6) is 5.75 Å². The Morgan fingerprint density at radius 3 is 2.14 bits per heavy atom. The zero-order chi connectivity index (χ0) is 19.9. The lowest BCUT2D eigenvalue weighted by atomic mass is 10.1. The van der Waals surface area contributed by atoms with Crippen molar-refractivity contribution in [2.45, 2.75) is 6.04 Å². The molecule has 0 spiro atoms. The van der Waals surface area contributed by atoms with Crippen LogP contribution in [0.1, 0.15) is 22.0 Å². The number of anilines is 1. The van der Waals surface area contributed by atoms with E-state index in [1.807, 2.05) is 18.2 Å². The van der Waals surface area contributed by atoms with Gasteiger partial charge in [0.05, 0.1) is 0 Å². The summed E-state index contributed by atoms with van der Waals surface area (Å²) in [4.78, 5) is 25.1. The van der Waals surface area contributed by atoms with E-state index < -0.39 is 11.9 Å². The number of phenolic OH excluding ortho intramolecular Hbond substituents is 1. The molecular formula is C21H18ClN3O3. The molecule has 0 saturated carbocycles. The van der Waals surface area contributed by atoms with Crippen LogP contribution >= 0.6 is 11.6 Å². The van der Waals surface area contributed by atoms with Gasteiger partial charge < -0.3 is 10.4 Å². The average molecular weight is 396 g/mol. The van der Waals surface area contributed by atoms with Crippen LogP contribution in [0.3, 0.4) is 0 Å². The molecule has 3 aromatic rings. The van der Waals surface area contributed by atoms with Gasteiger partial charge in [0.1, 0.15) is 11.8 Å². The lowest BCUT2D eigenvalue weighted by Gasteiger charge is -2.19. The van der Waals surface area contributed by atoms with Crippen molar-refractivity contribution in [3.63, 3.8) is 0 Å². The van der Waals surface area contributed by atoms with Crippen LogP contribution in [0.15, 0.2) is 78.9 Å². The van der Waals surface area contributed by atoms with Gasteiger partial charge >= 0.3 is 0 Å². The summed E-state index contributed by atoms with van der Waals surface area (Å²) in [6, 6.07) is 20.7. The highest BCUT2D eigenvalue weighted by Gasteiger charge is 2.21. The van der Waals surface area contributed by atoms with Crippen molar-refractivity contribution < 1.29 is 14.7 Å². The van der Waals surface area contributed by atoms with E-state index in [1.54, 1.807) is 36.4 Å². The van der Waals surface area contributed by atoms with E-state index >= 15 is 0 Å². The molecule has 0 aliphatic heterocycles. The van der Waals surface area contributed by atoms with E-state index in [2.05, 4.69) is 16.2 Å². The largest absolute Gasteiger partial charge is 0.508 e. The maximum atomic E-state index is 12.8. The molecule has 2 amide bonds. The Morgan fingerprint density at radius 1 is 0.857 bits per heavy atom. The van der Waals surface area contributed by atoms with Gasteiger partial charge in [-0.2, -0.15) is 0 Å². The molecule has 0 aromatic heterocycles. The molecule has 3 rings (SSSR count). The number of nitrogens with one attached hydrogen (secondary N) is 3. The van der Waals surface area contributed by atoms with Crippen molar-refractivity contribution in [1.29, 1.82) is 0 Å². The summed E-state index contributed by atoms with van der Waals surface area (Å²) in [5.74, 6) is -0.725. The fourth-order valence-electron chi connectivity index (χ4n) is 2.51. The van der Waals surface area contributed by atoms with Gasteiger partial charge in [0.15, 0.2) is 0 Å². The summed E-state index contributed by atoms with van der Waals surface area (Å²) in [6.45, 7) is 0. The molecule has 142 valence electrons. The molecule has 6 nitrogen and oxygen atoms in total. The number of carbonyl (C=O) groups is 2. The highest BCUT2D eigenvalue weighted by Crippen LogP contribution is 2.18. The van der Waals surface area contributed by atoms with Crippen LogP contribution in [0.25, 0.3) is 0 Å². The molecule has 7 heteroatoms. The SMILES string of the molecule is O=C(NN[C@@H](C(=O)Nc1ccccc1)c1ccc(Cl)cc1)c1ccc(O)cc1. The number of hydrogen-bond acceptors (Lipinski definition) is 4. The minimum absolute atomic E-state index is 0.0609. The lowest BCUT2D eigenvalue weighted by molar-refractivity contribution is -0.118. The van der Waals surface area contributed by atoms with Crippen molar-refractivity contribution >= 4 is 29.1 Å². The standard InChI is InChI=1S/C21H18ClN3O3/c22-16-10-6-14(7-11-16)19(21(28)23-17-4-2-1-3-5-17)24-25-20(27)15-8-12-18(26)13-9-15/h1-13,19,24,26H,(H,23,28)(H,25,27)/t19-/m1/s1. The summed E-state index contributed by atoms with van der Waals surface area (Å²) < 4.78 is 0. The molecule has 0 bridgehead atoms. The van der Waals surface area contributed by atoms with E-state index in [0.29, 0.717) is 21.8 Å². The number of rotatable bonds is 6. The maximum Gasteiger partial charge on any atom is 0.265 e. The number of benzene rings is 3. The van der Waals surface area contributed by atoms with Crippen molar-refractivity contribution in [3.05, 3.63) is 95.0 Å². The van der Waals surface area contributed by atoms with Gasteiger partial charge in [0, 0.05) is 16.3 Å². The monoisotopic (exact) mass is 395 g/mol. The van der Waals surface area contributed by atoms with Crippen LogP contribution in [0, 0.1) is 0 Å². The maximum absolute atomic E-state index is 12.8. The van der Waals surface area contributed by atoms with Gasteiger partial charge in [0.2, 0.25) is 5.91 Å². The minimum Gasteiger partial charge on any atom is -0.508 e. The number of para-hydroxylation sites is 1. The second-order valence-electron chi connectivity index (χ2n) is 5.99. The Balaban J connectivity index is 1.75. The topological polar surface area (TPSA) is 90.5 Å². The molecule has 0 heterocycles. The smallest absolute Gasteiger partial charge is 0.265 e. The lowest BCUT2D eigenvalue weighted by Crippen LogP contribution is -2.44. The van der Waals surface area contributed by atoms with Gasteiger partial charge in [-0.15, -0.1) is 0 Å². The van der Waals surface area contributed by atoms with E-state index in [4.69, 9.17) is 11.6 Å². The van der Waals surface area contributed by atoms with Crippen LogP contribution < -0.4 is 16.2 Å². The van der Waals surface area contributed by atoms with Crippen molar-refractivity contribution in [2.75, 3.05) is 5.32 Å². The van der Waals surface area contributed by atoms with Gasteiger partial charge in [-0.25, -0.2) is 5.43 Å². The number of halogens is 1. The number of phenols is 1. The second kappa shape index (κ2) is 9.03. The van der Waals surface area contributed by atoms with E-state index in [9.17, 15) is 14.7 Å². The Kier molecular flexibility index (Phi) is 6.26. The molecule has 0 aliphatic rings. The minimum atomic E-state index is -0.849. The summed E-state index contributed by atoms with van der Waals surface area (Å²) >= 11 is 5.93. The van der Waals surface area contributed by atoms with E-state index in [0.717, 1.165) is 0 Å². The predicted octanol–water partition coefficient (Wildman–Crippen LogP) is 3.66. The van der Waals surface area contributed by atoms with Crippen LogP contribution in [0.2, 0.25) is 5.02 Å². The molecule has 0 fully saturated rings. The first-order chi connectivity index (χ1) is 13.5. The second-order valence-corrected chi connectivity index (χ2v) is 6.42. The third kappa shape index (κ3) is 5.09. The zero-order valence-corrected chi connectivity index (χ0v) is 15.5. The Bertz CT molecular complexity index is 945. The Morgan fingerprint density at radius 2 is 1.50 bits per heavy atom. The molecule has 1 atom stereocenters. The van der Waals surface area contributed by atoms with Gasteiger partial charge in [0.25, 0.3) is 5.91 Å². The molecule has 0 radical (unpaired) electrons. The number of hydrazine groups is 1. The summed E-state index contributed by atoms with van der Waals surface area (Å²) in [6.07, 6.45) is 0. The summed E-state index contributed by atoms with van der Waals surface area (Å²) in [5, 5.41) is 12.7. The first kappa shape index (κ1) is 19.4. The molecule has 3 aromatic carbocycles. The van der Waals surface area contributed by atoms with Crippen LogP contribution in [-0.4, -0.2) is 16.9 Å². The first-order valence-electron chi connectivity index (χ1n) is 8.49. The summed E-state index contributed by atoms with van der Waals surface area (Å²) in [5.41, 5.74) is 6.91. The number of aromatic hydroxyl groups is 1.